The zero-order valence-corrected chi connectivity index (χ0v) is 15.0. The Balaban J connectivity index is 0.000000396. The molecule has 0 saturated heterocycles. The van der Waals surface area contributed by atoms with E-state index in [1.165, 1.54) is 81.3 Å². The van der Waals surface area contributed by atoms with E-state index in [4.69, 9.17) is 0 Å². The van der Waals surface area contributed by atoms with Gasteiger partial charge in [-0.1, -0.05) is 78.6 Å². The van der Waals surface area contributed by atoms with E-state index in [0.29, 0.717) is 0 Å². The third-order valence-electron chi connectivity index (χ3n) is 3.41. The van der Waals surface area contributed by atoms with Gasteiger partial charge in [-0.3, -0.25) is 0 Å². The van der Waals surface area contributed by atoms with Crippen LogP contribution in [-0.2, 0) is 6.42 Å². The molecule has 0 atom stereocenters. The molecule has 118 valence electrons. The smallest absolute Gasteiger partial charge is 0.0897 e. The molecule has 0 saturated carbocycles. The van der Waals surface area contributed by atoms with E-state index in [9.17, 15) is 0 Å². The van der Waals surface area contributed by atoms with Crippen molar-refractivity contribution in [1.82, 2.24) is 4.98 Å². The van der Waals surface area contributed by atoms with Crippen LogP contribution in [0.4, 0.5) is 0 Å². The number of hydrogen-bond donors (Lipinski definition) is 0. The number of rotatable bonds is 10. The lowest BCUT2D eigenvalue weighted by molar-refractivity contribution is 0.624. The van der Waals surface area contributed by atoms with Crippen molar-refractivity contribution in [3.05, 3.63) is 16.1 Å². The largest absolute Gasteiger partial charge is 0.247 e. The molecule has 0 unspecified atom stereocenters. The van der Waals surface area contributed by atoms with Crippen LogP contribution in [0.3, 0.4) is 0 Å². The SMILES string of the molecule is CCCCCCCC.CCCCCCc1csc(C)n1. The minimum absolute atomic E-state index is 1.17. The van der Waals surface area contributed by atoms with Gasteiger partial charge in [0.05, 0.1) is 10.7 Å². The van der Waals surface area contributed by atoms with Gasteiger partial charge in [-0.25, -0.2) is 4.98 Å². The maximum Gasteiger partial charge on any atom is 0.0897 e. The van der Waals surface area contributed by atoms with Gasteiger partial charge < -0.3 is 0 Å². The molecule has 1 aromatic heterocycles. The summed E-state index contributed by atoms with van der Waals surface area (Å²) < 4.78 is 0. The average molecular weight is 298 g/mol. The molecule has 0 fully saturated rings. The number of unbranched alkanes of at least 4 members (excludes halogenated alkanes) is 8. The highest BCUT2D eigenvalue weighted by Gasteiger charge is 1.96. The second-order valence-corrected chi connectivity index (χ2v) is 6.64. The number of nitrogens with zero attached hydrogens (tertiary/aromatic N) is 1. The Hall–Kier alpha value is -0.370. The maximum absolute atomic E-state index is 4.43. The van der Waals surface area contributed by atoms with Crippen molar-refractivity contribution in [2.24, 2.45) is 0 Å². The average Bonchev–Trinajstić information content (AvgIpc) is 2.86. The molecule has 2 heteroatoms. The summed E-state index contributed by atoms with van der Waals surface area (Å²) in [7, 11) is 0. The topological polar surface area (TPSA) is 12.9 Å². The van der Waals surface area contributed by atoms with Gasteiger partial charge in [0.2, 0.25) is 0 Å². The Labute approximate surface area is 131 Å². The van der Waals surface area contributed by atoms with Crippen molar-refractivity contribution >= 4 is 11.3 Å². The summed E-state index contributed by atoms with van der Waals surface area (Å²) in [6.45, 7) is 8.82. The highest BCUT2D eigenvalue weighted by atomic mass is 32.1. The quantitative estimate of drug-likeness (QED) is 0.426. The lowest BCUT2D eigenvalue weighted by atomic mass is 10.1. The number of hydrogen-bond acceptors (Lipinski definition) is 2. The molecule has 1 nitrogen and oxygen atoms in total. The zero-order chi connectivity index (χ0) is 15.1. The number of thiazole rings is 1. The number of aryl methyl sites for hydroxylation is 2. The molecule has 1 aromatic rings. The van der Waals surface area contributed by atoms with Crippen molar-refractivity contribution in [2.45, 2.75) is 98.3 Å². The van der Waals surface area contributed by atoms with Crippen molar-refractivity contribution < 1.29 is 0 Å². The van der Waals surface area contributed by atoms with E-state index >= 15 is 0 Å². The predicted molar refractivity (Wildman–Crippen MR) is 93.7 cm³/mol. The van der Waals surface area contributed by atoms with Gasteiger partial charge in [-0.05, 0) is 19.8 Å². The van der Waals surface area contributed by atoms with Crippen molar-refractivity contribution in [3.63, 3.8) is 0 Å². The fourth-order valence-corrected chi connectivity index (χ4v) is 2.76. The van der Waals surface area contributed by atoms with Crippen LogP contribution in [0.25, 0.3) is 0 Å². The maximum atomic E-state index is 4.43. The predicted octanol–water partition coefficient (Wildman–Crippen LogP) is 6.94. The first-order chi connectivity index (χ1) is 9.74. The molecule has 0 amide bonds. The van der Waals surface area contributed by atoms with E-state index in [-0.39, 0.29) is 0 Å². The normalized spacial score (nSPS) is 10.2. The van der Waals surface area contributed by atoms with E-state index in [0.717, 1.165) is 0 Å². The molecule has 0 aliphatic heterocycles. The Morgan fingerprint density at radius 3 is 1.70 bits per heavy atom. The minimum atomic E-state index is 1.17. The fourth-order valence-electron chi connectivity index (χ4n) is 2.11. The van der Waals surface area contributed by atoms with Crippen LogP contribution in [0.5, 0.6) is 0 Å². The standard InChI is InChI=1S/C10H17NS.C8H18/c1-3-4-5-6-7-10-8-12-9(2)11-10;1-3-5-7-8-6-4-2/h8H,3-7H2,1-2H3;3-8H2,1-2H3. The van der Waals surface area contributed by atoms with Crippen LogP contribution in [0, 0.1) is 6.92 Å². The molecule has 0 N–H and O–H groups in total. The Morgan fingerprint density at radius 2 is 1.30 bits per heavy atom. The zero-order valence-electron chi connectivity index (χ0n) is 14.2. The lowest BCUT2D eigenvalue weighted by Crippen LogP contribution is -1.85. The van der Waals surface area contributed by atoms with E-state index in [1.807, 2.05) is 0 Å². The van der Waals surface area contributed by atoms with Crippen molar-refractivity contribution in [3.8, 4) is 0 Å². The van der Waals surface area contributed by atoms with Crippen LogP contribution in [0.2, 0.25) is 0 Å². The second kappa shape index (κ2) is 15.0. The molecule has 0 aromatic carbocycles. The van der Waals surface area contributed by atoms with Crippen molar-refractivity contribution in [2.75, 3.05) is 0 Å². The summed E-state index contributed by atoms with van der Waals surface area (Å²) in [4.78, 5) is 4.43. The minimum Gasteiger partial charge on any atom is -0.247 e. The first-order valence-electron chi connectivity index (χ1n) is 8.65. The molecule has 0 bridgehead atoms. The molecular weight excluding hydrogens is 262 g/mol. The second-order valence-electron chi connectivity index (χ2n) is 5.58. The van der Waals surface area contributed by atoms with Gasteiger partial charge >= 0.3 is 0 Å². The van der Waals surface area contributed by atoms with Gasteiger partial charge in [-0.2, -0.15) is 0 Å². The summed E-state index contributed by atoms with van der Waals surface area (Å²) in [5, 5.41) is 3.38. The third-order valence-corrected chi connectivity index (χ3v) is 4.23. The van der Waals surface area contributed by atoms with Gasteiger partial charge in [0.25, 0.3) is 0 Å². The molecule has 1 rings (SSSR count). The lowest BCUT2D eigenvalue weighted by Gasteiger charge is -1.95. The van der Waals surface area contributed by atoms with E-state index in [2.05, 4.69) is 38.1 Å². The molecule has 0 spiro atoms. The Morgan fingerprint density at radius 1 is 0.800 bits per heavy atom. The molecule has 20 heavy (non-hydrogen) atoms. The summed E-state index contributed by atoms with van der Waals surface area (Å²) in [5.74, 6) is 0. The molecule has 1 heterocycles. The summed E-state index contributed by atoms with van der Waals surface area (Å²) in [5.41, 5.74) is 1.29. The third kappa shape index (κ3) is 12.7. The van der Waals surface area contributed by atoms with Crippen LogP contribution in [-0.4, -0.2) is 4.98 Å². The van der Waals surface area contributed by atoms with Crippen LogP contribution in [0.1, 0.15) is 95.7 Å². The molecule has 0 radical (unpaired) electrons. The van der Waals surface area contributed by atoms with Crippen LogP contribution in [0.15, 0.2) is 5.38 Å². The van der Waals surface area contributed by atoms with Gasteiger partial charge in [-0.15, -0.1) is 11.3 Å². The monoisotopic (exact) mass is 297 g/mol. The van der Waals surface area contributed by atoms with E-state index < -0.39 is 0 Å². The molecule has 0 aliphatic rings. The summed E-state index contributed by atoms with van der Waals surface area (Å²) in [6, 6.07) is 0. The van der Waals surface area contributed by atoms with Gasteiger partial charge in [0, 0.05) is 5.38 Å². The van der Waals surface area contributed by atoms with Crippen LogP contribution >= 0.6 is 11.3 Å². The summed E-state index contributed by atoms with van der Waals surface area (Å²) >= 11 is 1.76. The van der Waals surface area contributed by atoms with E-state index in [1.54, 1.807) is 11.3 Å². The van der Waals surface area contributed by atoms with Crippen LogP contribution < -0.4 is 0 Å². The molecule has 0 aliphatic carbocycles. The first kappa shape index (κ1) is 19.6. The first-order valence-corrected chi connectivity index (χ1v) is 9.53. The summed E-state index contributed by atoms with van der Waals surface area (Å²) in [6.07, 6.45) is 15.0. The Kier molecular flexibility index (Phi) is 14.7. The van der Waals surface area contributed by atoms with Gasteiger partial charge in [0.15, 0.2) is 0 Å². The molecular formula is C18H35NS. The Bertz CT molecular complexity index is 287. The van der Waals surface area contributed by atoms with Gasteiger partial charge in [0.1, 0.15) is 0 Å². The van der Waals surface area contributed by atoms with Crippen molar-refractivity contribution in [1.29, 1.82) is 0 Å². The fraction of sp³-hybridized carbons (Fsp3) is 0.833. The highest BCUT2D eigenvalue weighted by Crippen LogP contribution is 2.11. The number of aromatic nitrogens is 1. The highest BCUT2D eigenvalue weighted by molar-refractivity contribution is 7.09.